The number of nitrogens with zero attached hydrogens (tertiary/aromatic N) is 2. The SMILES string of the molecule is CC(C)[C@H](OC(=O)CCc1nc(-c2ccc(Cl)cc2)no1)C(=O)NC(N)=O. The third-order valence-electron chi connectivity index (χ3n) is 3.48. The number of nitrogens with one attached hydrogen (secondary N) is 1. The number of amides is 3. The highest BCUT2D eigenvalue weighted by molar-refractivity contribution is 6.30. The molecule has 1 heterocycles. The number of nitrogens with two attached hydrogens (primary N) is 1. The molecule has 0 spiro atoms. The lowest BCUT2D eigenvalue weighted by atomic mass is 10.1. The van der Waals surface area contributed by atoms with Crippen LogP contribution in [0.4, 0.5) is 4.79 Å². The van der Waals surface area contributed by atoms with E-state index in [9.17, 15) is 14.4 Å². The molecule has 3 amide bonds. The van der Waals surface area contributed by atoms with Crippen LogP contribution in [-0.4, -0.2) is 34.2 Å². The van der Waals surface area contributed by atoms with Crippen LogP contribution >= 0.6 is 11.6 Å². The number of aromatic nitrogens is 2. The molecule has 27 heavy (non-hydrogen) atoms. The van der Waals surface area contributed by atoms with E-state index in [-0.39, 0.29) is 24.7 Å². The first-order chi connectivity index (χ1) is 12.8. The molecule has 144 valence electrons. The van der Waals surface area contributed by atoms with E-state index in [1.165, 1.54) is 0 Å². The molecule has 0 saturated carbocycles. The van der Waals surface area contributed by atoms with Crippen LogP contribution in [0.5, 0.6) is 0 Å². The Bertz CT molecular complexity index is 819. The number of hydrogen-bond donors (Lipinski definition) is 2. The molecule has 2 rings (SSSR count). The number of aryl methyl sites for hydroxylation is 1. The fourth-order valence-electron chi connectivity index (χ4n) is 2.17. The first kappa shape index (κ1) is 20.4. The average Bonchev–Trinajstić information content (AvgIpc) is 3.06. The molecule has 1 aromatic heterocycles. The minimum Gasteiger partial charge on any atom is -0.452 e. The van der Waals surface area contributed by atoms with Gasteiger partial charge in [-0.1, -0.05) is 30.6 Å². The molecule has 1 aromatic carbocycles. The number of ether oxygens (including phenoxy) is 1. The van der Waals surface area contributed by atoms with E-state index in [2.05, 4.69) is 10.1 Å². The Morgan fingerprint density at radius 1 is 1.26 bits per heavy atom. The summed E-state index contributed by atoms with van der Waals surface area (Å²) in [5, 5.41) is 6.34. The van der Waals surface area contributed by atoms with Gasteiger partial charge in [0.1, 0.15) is 0 Å². The summed E-state index contributed by atoms with van der Waals surface area (Å²) in [6.07, 6.45) is -1.06. The molecular formula is C17H19ClN4O5. The number of imide groups is 1. The van der Waals surface area contributed by atoms with Gasteiger partial charge in [-0.3, -0.25) is 14.9 Å². The van der Waals surface area contributed by atoms with Crippen molar-refractivity contribution >= 4 is 29.5 Å². The van der Waals surface area contributed by atoms with Crippen LogP contribution in [0.25, 0.3) is 11.4 Å². The van der Waals surface area contributed by atoms with Gasteiger partial charge in [0, 0.05) is 17.0 Å². The number of urea groups is 1. The van der Waals surface area contributed by atoms with E-state index in [0.717, 1.165) is 5.56 Å². The van der Waals surface area contributed by atoms with Gasteiger partial charge in [0.15, 0.2) is 6.10 Å². The Kier molecular flexibility index (Phi) is 6.89. The van der Waals surface area contributed by atoms with Crippen LogP contribution in [-0.2, 0) is 20.7 Å². The van der Waals surface area contributed by atoms with Crippen molar-refractivity contribution < 1.29 is 23.6 Å². The van der Waals surface area contributed by atoms with Gasteiger partial charge in [0.2, 0.25) is 11.7 Å². The van der Waals surface area contributed by atoms with Gasteiger partial charge in [0.05, 0.1) is 6.42 Å². The molecule has 10 heteroatoms. The maximum absolute atomic E-state index is 12.0. The molecular weight excluding hydrogens is 376 g/mol. The molecule has 2 aromatic rings. The number of carbonyl (C=O) groups excluding carboxylic acids is 3. The third kappa shape index (κ3) is 6.07. The number of benzene rings is 1. The summed E-state index contributed by atoms with van der Waals surface area (Å²) in [5.41, 5.74) is 5.63. The maximum Gasteiger partial charge on any atom is 0.318 e. The molecule has 0 radical (unpaired) electrons. The van der Waals surface area contributed by atoms with Gasteiger partial charge < -0.3 is 15.0 Å². The van der Waals surface area contributed by atoms with Crippen LogP contribution < -0.4 is 11.1 Å². The van der Waals surface area contributed by atoms with E-state index < -0.39 is 24.0 Å². The van der Waals surface area contributed by atoms with Crippen molar-refractivity contribution in [3.63, 3.8) is 0 Å². The lowest BCUT2D eigenvalue weighted by molar-refractivity contribution is -0.158. The van der Waals surface area contributed by atoms with Crippen molar-refractivity contribution in [2.45, 2.75) is 32.8 Å². The number of esters is 1. The zero-order valence-corrected chi connectivity index (χ0v) is 15.5. The van der Waals surface area contributed by atoms with Gasteiger partial charge in [-0.25, -0.2) is 4.79 Å². The normalized spacial score (nSPS) is 11.9. The summed E-state index contributed by atoms with van der Waals surface area (Å²) < 4.78 is 10.2. The van der Waals surface area contributed by atoms with Crippen molar-refractivity contribution in [3.8, 4) is 11.4 Å². The lowest BCUT2D eigenvalue weighted by Crippen LogP contribution is -2.45. The number of carbonyl (C=O) groups is 3. The van der Waals surface area contributed by atoms with Crippen molar-refractivity contribution in [1.29, 1.82) is 0 Å². The Balaban J connectivity index is 1.92. The first-order valence-corrected chi connectivity index (χ1v) is 8.52. The summed E-state index contributed by atoms with van der Waals surface area (Å²) in [6.45, 7) is 3.35. The van der Waals surface area contributed by atoms with Crippen molar-refractivity contribution in [2.24, 2.45) is 11.7 Å². The molecule has 0 fully saturated rings. The molecule has 1 atom stereocenters. The zero-order chi connectivity index (χ0) is 20.0. The Labute approximate surface area is 160 Å². The Hall–Kier alpha value is -2.94. The molecule has 0 aliphatic rings. The summed E-state index contributed by atoms with van der Waals surface area (Å²) in [7, 11) is 0. The molecule has 0 aliphatic heterocycles. The van der Waals surface area contributed by atoms with Crippen LogP contribution in [0.15, 0.2) is 28.8 Å². The standard InChI is InChI=1S/C17H19ClN4O5/c1-9(2)14(16(24)21-17(19)25)26-13(23)8-7-12-20-15(22-27-12)10-3-5-11(18)6-4-10/h3-6,9,14H,7-8H2,1-2H3,(H3,19,21,24,25)/t14-/m0/s1. The molecule has 9 nitrogen and oxygen atoms in total. The van der Waals surface area contributed by atoms with Crippen LogP contribution in [0.2, 0.25) is 5.02 Å². The van der Waals surface area contributed by atoms with Crippen LogP contribution in [0.3, 0.4) is 0 Å². The van der Waals surface area contributed by atoms with Crippen LogP contribution in [0.1, 0.15) is 26.2 Å². The summed E-state index contributed by atoms with van der Waals surface area (Å²) in [6, 6.07) is 5.88. The predicted octanol–water partition coefficient (Wildman–Crippen LogP) is 2.09. The number of halogens is 1. The van der Waals surface area contributed by atoms with E-state index in [0.29, 0.717) is 10.8 Å². The minimum atomic E-state index is -1.13. The van der Waals surface area contributed by atoms with E-state index in [1.54, 1.807) is 38.1 Å². The van der Waals surface area contributed by atoms with Crippen molar-refractivity contribution in [3.05, 3.63) is 35.2 Å². The second-order valence-corrected chi connectivity index (χ2v) is 6.46. The Morgan fingerprint density at radius 2 is 1.93 bits per heavy atom. The molecule has 0 unspecified atom stereocenters. The fourth-order valence-corrected chi connectivity index (χ4v) is 2.29. The predicted molar refractivity (Wildman–Crippen MR) is 95.5 cm³/mol. The van der Waals surface area contributed by atoms with Crippen LogP contribution in [0, 0.1) is 5.92 Å². The smallest absolute Gasteiger partial charge is 0.318 e. The average molecular weight is 395 g/mol. The van der Waals surface area contributed by atoms with Crippen molar-refractivity contribution in [1.82, 2.24) is 15.5 Å². The summed E-state index contributed by atoms with van der Waals surface area (Å²) >= 11 is 5.83. The fraction of sp³-hybridized carbons (Fsp3) is 0.353. The second-order valence-electron chi connectivity index (χ2n) is 6.03. The topological polar surface area (TPSA) is 137 Å². The van der Waals surface area contributed by atoms with Gasteiger partial charge in [-0.15, -0.1) is 0 Å². The van der Waals surface area contributed by atoms with Gasteiger partial charge in [-0.2, -0.15) is 4.98 Å². The second kappa shape index (κ2) is 9.13. The molecule has 0 saturated heterocycles. The first-order valence-electron chi connectivity index (χ1n) is 8.14. The zero-order valence-electron chi connectivity index (χ0n) is 14.8. The largest absolute Gasteiger partial charge is 0.452 e. The maximum atomic E-state index is 12.0. The van der Waals surface area contributed by atoms with Gasteiger partial charge in [0.25, 0.3) is 5.91 Å². The van der Waals surface area contributed by atoms with Gasteiger partial charge in [-0.05, 0) is 30.2 Å². The summed E-state index contributed by atoms with van der Waals surface area (Å²) in [4.78, 5) is 38.9. The lowest BCUT2D eigenvalue weighted by Gasteiger charge is -2.19. The highest BCUT2D eigenvalue weighted by atomic mass is 35.5. The number of hydrogen-bond acceptors (Lipinski definition) is 7. The monoisotopic (exact) mass is 394 g/mol. The number of rotatable bonds is 7. The minimum absolute atomic E-state index is 0.0741. The van der Waals surface area contributed by atoms with E-state index >= 15 is 0 Å². The Morgan fingerprint density at radius 3 is 2.52 bits per heavy atom. The van der Waals surface area contributed by atoms with E-state index in [1.807, 2.05) is 5.32 Å². The number of primary amides is 1. The van der Waals surface area contributed by atoms with E-state index in [4.69, 9.17) is 26.6 Å². The highest BCUT2D eigenvalue weighted by Crippen LogP contribution is 2.19. The van der Waals surface area contributed by atoms with Gasteiger partial charge >= 0.3 is 12.0 Å². The quantitative estimate of drug-likeness (QED) is 0.685. The third-order valence-corrected chi connectivity index (χ3v) is 3.73. The molecule has 3 N–H and O–H groups in total. The molecule has 0 bridgehead atoms. The summed E-state index contributed by atoms with van der Waals surface area (Å²) in [5.74, 6) is -1.13. The highest BCUT2D eigenvalue weighted by Gasteiger charge is 2.27. The molecule has 0 aliphatic carbocycles. The van der Waals surface area contributed by atoms with Crippen molar-refractivity contribution in [2.75, 3.05) is 0 Å².